The predicted octanol–water partition coefficient (Wildman–Crippen LogP) is 9.23. The minimum atomic E-state index is 0.192. The number of ether oxygens (including phenoxy) is 1. The number of hydrogen-bond donors (Lipinski definition) is 0. The Morgan fingerprint density at radius 3 is 1.04 bits per heavy atom. The fourth-order valence-electron chi connectivity index (χ4n) is 4.23. The lowest BCUT2D eigenvalue weighted by Crippen LogP contribution is -2.33. The molecule has 1 nitrogen and oxygen atoms in total. The SMILES string of the molecule is CCCCCCCCC(CCCCCCC)(CCCCCCC)OCC. The van der Waals surface area contributed by atoms with Gasteiger partial charge in [-0.05, 0) is 26.2 Å². The highest BCUT2D eigenvalue weighted by Gasteiger charge is 2.29. The van der Waals surface area contributed by atoms with Crippen LogP contribution in [0.15, 0.2) is 0 Å². The Balaban J connectivity index is 4.39. The molecule has 0 N–H and O–H groups in total. The van der Waals surface area contributed by atoms with E-state index in [0.717, 1.165) is 6.61 Å². The molecule has 0 unspecified atom stereocenters. The van der Waals surface area contributed by atoms with Gasteiger partial charge in [-0.3, -0.25) is 0 Å². The quantitative estimate of drug-likeness (QED) is 0.183. The maximum Gasteiger partial charge on any atom is 0.0682 e. The van der Waals surface area contributed by atoms with Crippen LogP contribution in [0.2, 0.25) is 0 Å². The highest BCUT2D eigenvalue weighted by Crippen LogP contribution is 2.33. The topological polar surface area (TPSA) is 9.23 Å². The summed E-state index contributed by atoms with van der Waals surface area (Å²) in [7, 11) is 0. The summed E-state index contributed by atoms with van der Waals surface area (Å²) in [6.07, 6.45) is 26.1. The van der Waals surface area contributed by atoms with Crippen molar-refractivity contribution in [2.75, 3.05) is 6.61 Å². The Bertz CT molecular complexity index is 247. The van der Waals surface area contributed by atoms with Crippen LogP contribution in [0.3, 0.4) is 0 Å². The van der Waals surface area contributed by atoms with Gasteiger partial charge in [-0.2, -0.15) is 0 Å². The van der Waals surface area contributed by atoms with Crippen molar-refractivity contribution < 1.29 is 4.74 Å². The summed E-state index contributed by atoms with van der Waals surface area (Å²) in [5.74, 6) is 0. The standard InChI is InChI=1S/C25H52O/c1-5-9-12-15-18-21-24-25(26-8-4,22-19-16-13-10-6-2)23-20-17-14-11-7-3/h5-24H2,1-4H3. The van der Waals surface area contributed by atoms with Crippen molar-refractivity contribution in [1.82, 2.24) is 0 Å². The third-order valence-electron chi connectivity index (χ3n) is 5.91. The first-order valence-electron chi connectivity index (χ1n) is 12.4. The molecule has 1 heteroatoms. The van der Waals surface area contributed by atoms with Gasteiger partial charge in [-0.15, -0.1) is 0 Å². The van der Waals surface area contributed by atoms with Gasteiger partial charge in [0.2, 0.25) is 0 Å². The van der Waals surface area contributed by atoms with E-state index in [9.17, 15) is 0 Å². The van der Waals surface area contributed by atoms with Crippen LogP contribution in [0.1, 0.15) is 150 Å². The Hall–Kier alpha value is -0.0400. The highest BCUT2D eigenvalue weighted by atomic mass is 16.5. The van der Waals surface area contributed by atoms with Crippen molar-refractivity contribution >= 4 is 0 Å². The van der Waals surface area contributed by atoms with Crippen LogP contribution in [0, 0.1) is 0 Å². The van der Waals surface area contributed by atoms with E-state index >= 15 is 0 Å². The molecule has 0 atom stereocenters. The van der Waals surface area contributed by atoms with E-state index in [4.69, 9.17) is 4.74 Å². The molecule has 26 heavy (non-hydrogen) atoms. The largest absolute Gasteiger partial charge is 0.375 e. The van der Waals surface area contributed by atoms with E-state index in [1.54, 1.807) is 0 Å². The Labute approximate surface area is 167 Å². The highest BCUT2D eigenvalue weighted by molar-refractivity contribution is 4.81. The third-order valence-corrected chi connectivity index (χ3v) is 5.91. The lowest BCUT2D eigenvalue weighted by atomic mass is 9.84. The molecule has 0 saturated carbocycles. The van der Waals surface area contributed by atoms with Crippen LogP contribution in [0.25, 0.3) is 0 Å². The normalized spacial score (nSPS) is 12.0. The number of unbranched alkanes of at least 4 members (excludes halogenated alkanes) is 13. The van der Waals surface area contributed by atoms with E-state index in [0.29, 0.717) is 0 Å². The molecule has 0 bridgehead atoms. The summed E-state index contributed by atoms with van der Waals surface area (Å²) in [4.78, 5) is 0. The van der Waals surface area contributed by atoms with E-state index < -0.39 is 0 Å². The van der Waals surface area contributed by atoms with Gasteiger partial charge in [0.15, 0.2) is 0 Å². The zero-order valence-electron chi connectivity index (χ0n) is 19.1. The summed E-state index contributed by atoms with van der Waals surface area (Å²) in [5, 5.41) is 0. The minimum absolute atomic E-state index is 0.192. The van der Waals surface area contributed by atoms with Crippen molar-refractivity contribution in [2.24, 2.45) is 0 Å². The molecule has 0 radical (unpaired) electrons. The Morgan fingerprint density at radius 2 is 0.731 bits per heavy atom. The van der Waals surface area contributed by atoms with Gasteiger partial charge in [0, 0.05) is 6.61 Å². The van der Waals surface area contributed by atoms with Crippen LogP contribution >= 0.6 is 0 Å². The summed E-state index contributed by atoms with van der Waals surface area (Å²) in [6.45, 7) is 10.00. The molecule has 0 aromatic rings. The maximum atomic E-state index is 6.47. The van der Waals surface area contributed by atoms with Gasteiger partial charge >= 0.3 is 0 Å². The molecule has 0 saturated heterocycles. The van der Waals surface area contributed by atoms with Gasteiger partial charge < -0.3 is 4.74 Å². The van der Waals surface area contributed by atoms with Gasteiger partial charge in [-0.25, -0.2) is 0 Å². The molecule has 0 aromatic carbocycles. The minimum Gasteiger partial charge on any atom is -0.375 e. The molecule has 0 aliphatic rings. The van der Waals surface area contributed by atoms with E-state index in [2.05, 4.69) is 27.7 Å². The fourth-order valence-corrected chi connectivity index (χ4v) is 4.23. The molecule has 0 aliphatic heterocycles. The van der Waals surface area contributed by atoms with Gasteiger partial charge in [-0.1, -0.05) is 124 Å². The molecule has 158 valence electrons. The van der Waals surface area contributed by atoms with Crippen molar-refractivity contribution in [3.05, 3.63) is 0 Å². The summed E-state index contributed by atoms with van der Waals surface area (Å²) in [6, 6.07) is 0. The zero-order chi connectivity index (χ0) is 19.3. The maximum absolute atomic E-state index is 6.47. The second kappa shape index (κ2) is 19.7. The summed E-state index contributed by atoms with van der Waals surface area (Å²) >= 11 is 0. The first-order chi connectivity index (χ1) is 12.7. The van der Waals surface area contributed by atoms with Crippen LogP contribution in [0.4, 0.5) is 0 Å². The zero-order valence-corrected chi connectivity index (χ0v) is 19.1. The van der Waals surface area contributed by atoms with Crippen LogP contribution in [0.5, 0.6) is 0 Å². The first-order valence-corrected chi connectivity index (χ1v) is 12.4. The fraction of sp³-hybridized carbons (Fsp3) is 1.00. The van der Waals surface area contributed by atoms with E-state index in [1.165, 1.54) is 122 Å². The average Bonchev–Trinajstić information content (AvgIpc) is 2.64. The number of hydrogen-bond acceptors (Lipinski definition) is 1. The van der Waals surface area contributed by atoms with Gasteiger partial charge in [0.1, 0.15) is 0 Å². The van der Waals surface area contributed by atoms with Crippen LogP contribution < -0.4 is 0 Å². The molecule has 0 heterocycles. The van der Waals surface area contributed by atoms with Gasteiger partial charge in [0.25, 0.3) is 0 Å². The van der Waals surface area contributed by atoms with Crippen molar-refractivity contribution in [3.8, 4) is 0 Å². The van der Waals surface area contributed by atoms with Crippen molar-refractivity contribution in [1.29, 1.82) is 0 Å². The molecule has 0 spiro atoms. The van der Waals surface area contributed by atoms with Gasteiger partial charge in [0.05, 0.1) is 5.60 Å². The second-order valence-electron chi connectivity index (χ2n) is 8.46. The summed E-state index contributed by atoms with van der Waals surface area (Å²) < 4.78 is 6.47. The van der Waals surface area contributed by atoms with Crippen LogP contribution in [-0.4, -0.2) is 12.2 Å². The average molecular weight is 369 g/mol. The molecule has 0 amide bonds. The second-order valence-corrected chi connectivity index (χ2v) is 8.46. The molecular weight excluding hydrogens is 316 g/mol. The first kappa shape index (κ1) is 26.0. The molecule has 0 aromatic heterocycles. The molecular formula is C25H52O. The molecule has 0 fully saturated rings. The Morgan fingerprint density at radius 1 is 0.423 bits per heavy atom. The molecule has 0 rings (SSSR count). The Kier molecular flexibility index (Phi) is 19.7. The monoisotopic (exact) mass is 368 g/mol. The predicted molar refractivity (Wildman–Crippen MR) is 119 cm³/mol. The van der Waals surface area contributed by atoms with Crippen molar-refractivity contribution in [2.45, 2.75) is 155 Å². The third kappa shape index (κ3) is 15.1. The van der Waals surface area contributed by atoms with E-state index in [1.807, 2.05) is 0 Å². The lowest BCUT2D eigenvalue weighted by molar-refractivity contribution is -0.0624. The number of rotatable bonds is 21. The van der Waals surface area contributed by atoms with E-state index in [-0.39, 0.29) is 5.60 Å². The summed E-state index contributed by atoms with van der Waals surface area (Å²) in [5.41, 5.74) is 0.192. The van der Waals surface area contributed by atoms with Crippen LogP contribution in [-0.2, 0) is 4.74 Å². The lowest BCUT2D eigenvalue weighted by Gasteiger charge is -2.34. The van der Waals surface area contributed by atoms with Crippen molar-refractivity contribution in [3.63, 3.8) is 0 Å². The smallest absolute Gasteiger partial charge is 0.0682 e. The molecule has 0 aliphatic carbocycles.